The smallest absolute Gasteiger partial charge is 0.255 e. The standard InChI is InChI=1S/C30H33N5O2/c1-32-29(34-22-31)35-25-16-18-30(19-17-25,24-12-6-3-7-13-24)21-33-28(36)26-14-8-9-15-27(26)37-20-23-10-4-2-5-11-23/h2-15,25H,16-21H2,1H3,(H,33,36)(H2,32,34,35). The summed E-state index contributed by atoms with van der Waals surface area (Å²) in [6, 6.07) is 27.9. The molecule has 0 atom stereocenters. The van der Waals surface area contributed by atoms with E-state index in [2.05, 4.69) is 45.2 Å². The molecule has 0 radical (unpaired) electrons. The minimum atomic E-state index is -0.179. The largest absolute Gasteiger partial charge is 0.488 e. The van der Waals surface area contributed by atoms with E-state index >= 15 is 0 Å². The predicted octanol–water partition coefficient (Wildman–Crippen LogP) is 4.52. The van der Waals surface area contributed by atoms with Gasteiger partial charge in [0.15, 0.2) is 6.19 Å². The number of nitrogens with zero attached hydrogens (tertiary/aromatic N) is 2. The molecule has 37 heavy (non-hydrogen) atoms. The van der Waals surface area contributed by atoms with Crippen LogP contribution in [0.25, 0.3) is 0 Å². The van der Waals surface area contributed by atoms with Gasteiger partial charge in [0.2, 0.25) is 5.96 Å². The van der Waals surface area contributed by atoms with Crippen LogP contribution in [0.2, 0.25) is 0 Å². The van der Waals surface area contributed by atoms with Gasteiger partial charge < -0.3 is 15.4 Å². The van der Waals surface area contributed by atoms with E-state index in [9.17, 15) is 4.79 Å². The molecule has 0 aliphatic heterocycles. The van der Waals surface area contributed by atoms with E-state index in [4.69, 9.17) is 10.00 Å². The van der Waals surface area contributed by atoms with Crippen LogP contribution in [0.5, 0.6) is 5.75 Å². The molecule has 7 nitrogen and oxygen atoms in total. The molecule has 1 saturated carbocycles. The van der Waals surface area contributed by atoms with E-state index in [1.54, 1.807) is 13.1 Å². The first-order valence-corrected chi connectivity index (χ1v) is 12.6. The summed E-state index contributed by atoms with van der Waals surface area (Å²) in [6.45, 7) is 0.929. The summed E-state index contributed by atoms with van der Waals surface area (Å²) in [4.78, 5) is 17.5. The summed E-state index contributed by atoms with van der Waals surface area (Å²) in [5.41, 5.74) is 2.62. The number of amides is 1. The third-order valence-corrected chi connectivity index (χ3v) is 7.02. The molecular weight excluding hydrogens is 462 g/mol. The first-order chi connectivity index (χ1) is 18.1. The number of aliphatic imine (C=N–C) groups is 1. The Morgan fingerprint density at radius 2 is 1.65 bits per heavy atom. The van der Waals surface area contributed by atoms with Gasteiger partial charge in [0, 0.05) is 25.0 Å². The zero-order valence-corrected chi connectivity index (χ0v) is 21.1. The molecule has 7 heteroatoms. The Morgan fingerprint density at radius 1 is 1.00 bits per heavy atom. The van der Waals surface area contributed by atoms with Gasteiger partial charge in [-0.2, -0.15) is 5.26 Å². The Bertz CT molecular complexity index is 1230. The van der Waals surface area contributed by atoms with E-state index in [0.717, 1.165) is 31.2 Å². The molecule has 0 aromatic heterocycles. The lowest BCUT2D eigenvalue weighted by Gasteiger charge is -2.41. The molecule has 0 spiro atoms. The van der Waals surface area contributed by atoms with Crippen LogP contribution < -0.4 is 20.7 Å². The van der Waals surface area contributed by atoms with Gasteiger partial charge in [-0.25, -0.2) is 0 Å². The minimum Gasteiger partial charge on any atom is -0.488 e. The maximum absolute atomic E-state index is 13.4. The molecular formula is C30H33N5O2. The Morgan fingerprint density at radius 3 is 2.32 bits per heavy atom. The number of ether oxygens (including phenoxy) is 1. The third kappa shape index (κ3) is 6.68. The minimum absolute atomic E-state index is 0.141. The van der Waals surface area contributed by atoms with Crippen molar-refractivity contribution in [2.75, 3.05) is 13.6 Å². The SMILES string of the molecule is CN=C(NC#N)NC1CCC(CNC(=O)c2ccccc2OCc2ccccc2)(c2ccccc2)CC1. The summed E-state index contributed by atoms with van der Waals surface area (Å²) >= 11 is 0. The Hall–Kier alpha value is -4.31. The van der Waals surface area contributed by atoms with Gasteiger partial charge in [-0.1, -0.05) is 72.8 Å². The molecule has 3 aromatic rings. The van der Waals surface area contributed by atoms with Crippen molar-refractivity contribution < 1.29 is 9.53 Å². The summed E-state index contributed by atoms with van der Waals surface area (Å²) < 4.78 is 6.02. The van der Waals surface area contributed by atoms with Crippen molar-refractivity contribution in [1.29, 1.82) is 5.26 Å². The molecule has 3 N–H and O–H groups in total. The van der Waals surface area contributed by atoms with E-state index in [-0.39, 0.29) is 17.4 Å². The van der Waals surface area contributed by atoms with Gasteiger partial charge in [0.05, 0.1) is 5.56 Å². The number of benzene rings is 3. The van der Waals surface area contributed by atoms with Crippen molar-refractivity contribution in [1.82, 2.24) is 16.0 Å². The Kier molecular flexibility index (Phi) is 8.77. The fourth-order valence-electron chi connectivity index (χ4n) is 4.94. The van der Waals surface area contributed by atoms with Crippen LogP contribution in [0.4, 0.5) is 0 Å². The highest BCUT2D eigenvalue weighted by Crippen LogP contribution is 2.39. The highest BCUT2D eigenvalue weighted by molar-refractivity contribution is 5.97. The molecule has 1 aliphatic rings. The second-order valence-electron chi connectivity index (χ2n) is 9.33. The average molecular weight is 496 g/mol. The monoisotopic (exact) mass is 495 g/mol. The Labute approximate surface area is 218 Å². The summed E-state index contributed by atoms with van der Waals surface area (Å²) in [6.07, 6.45) is 5.50. The quantitative estimate of drug-likeness (QED) is 0.185. The van der Waals surface area contributed by atoms with Gasteiger partial charge in [-0.3, -0.25) is 15.1 Å². The number of hydrogen-bond donors (Lipinski definition) is 3. The first kappa shape index (κ1) is 25.8. The van der Waals surface area contributed by atoms with Gasteiger partial charge in [0.25, 0.3) is 5.91 Å². The van der Waals surface area contributed by atoms with Crippen LogP contribution in [-0.4, -0.2) is 31.5 Å². The zero-order chi connectivity index (χ0) is 25.9. The van der Waals surface area contributed by atoms with Crippen LogP contribution in [0.3, 0.4) is 0 Å². The number of hydrogen-bond acceptors (Lipinski definition) is 4. The van der Waals surface area contributed by atoms with Crippen LogP contribution >= 0.6 is 0 Å². The molecule has 0 unspecified atom stereocenters. The molecule has 0 saturated heterocycles. The number of carbonyl (C=O) groups excluding carboxylic acids is 1. The fraction of sp³-hybridized carbons (Fsp3) is 0.300. The van der Waals surface area contributed by atoms with Crippen molar-refractivity contribution in [3.63, 3.8) is 0 Å². The predicted molar refractivity (Wildman–Crippen MR) is 145 cm³/mol. The molecule has 3 aromatic carbocycles. The maximum atomic E-state index is 13.4. The number of nitrogens with one attached hydrogen (secondary N) is 3. The molecule has 0 bridgehead atoms. The van der Waals surface area contributed by atoms with Crippen LogP contribution in [0.1, 0.15) is 47.2 Å². The van der Waals surface area contributed by atoms with E-state index in [1.807, 2.05) is 60.8 Å². The number of guanidine groups is 1. The third-order valence-electron chi connectivity index (χ3n) is 7.02. The van der Waals surface area contributed by atoms with Crippen molar-refractivity contribution in [3.05, 3.63) is 102 Å². The van der Waals surface area contributed by atoms with Crippen LogP contribution in [0, 0.1) is 11.5 Å². The molecule has 1 amide bonds. The topological polar surface area (TPSA) is 98.5 Å². The van der Waals surface area contributed by atoms with E-state index in [0.29, 0.717) is 30.4 Å². The van der Waals surface area contributed by atoms with Gasteiger partial charge in [-0.15, -0.1) is 0 Å². The Balaban J connectivity index is 1.45. The van der Waals surface area contributed by atoms with Crippen molar-refractivity contribution >= 4 is 11.9 Å². The maximum Gasteiger partial charge on any atom is 0.255 e. The molecule has 1 fully saturated rings. The highest BCUT2D eigenvalue weighted by Gasteiger charge is 2.37. The summed E-state index contributed by atoms with van der Waals surface area (Å²) in [5.74, 6) is 0.917. The van der Waals surface area contributed by atoms with Crippen LogP contribution in [0.15, 0.2) is 89.9 Å². The second-order valence-corrected chi connectivity index (χ2v) is 9.33. The summed E-state index contributed by atoms with van der Waals surface area (Å²) in [5, 5.41) is 18.1. The normalized spacial score (nSPS) is 19.4. The number of para-hydroxylation sites is 1. The second kappa shape index (κ2) is 12.6. The van der Waals surface area contributed by atoms with Gasteiger partial charge in [-0.05, 0) is 48.9 Å². The highest BCUT2D eigenvalue weighted by atomic mass is 16.5. The zero-order valence-electron chi connectivity index (χ0n) is 21.1. The number of nitriles is 1. The van der Waals surface area contributed by atoms with Gasteiger partial charge in [0.1, 0.15) is 12.4 Å². The molecule has 4 rings (SSSR count). The average Bonchev–Trinajstić information content (AvgIpc) is 2.96. The number of rotatable bonds is 8. The molecule has 190 valence electrons. The lowest BCUT2D eigenvalue weighted by molar-refractivity contribution is 0.0930. The van der Waals surface area contributed by atoms with Gasteiger partial charge >= 0.3 is 0 Å². The molecule has 0 heterocycles. The van der Waals surface area contributed by atoms with Crippen molar-refractivity contribution in [3.8, 4) is 11.9 Å². The molecule has 1 aliphatic carbocycles. The first-order valence-electron chi connectivity index (χ1n) is 12.6. The van der Waals surface area contributed by atoms with Crippen molar-refractivity contribution in [2.24, 2.45) is 4.99 Å². The number of carbonyl (C=O) groups is 1. The van der Waals surface area contributed by atoms with E-state index < -0.39 is 0 Å². The fourth-order valence-corrected chi connectivity index (χ4v) is 4.94. The van der Waals surface area contributed by atoms with Crippen molar-refractivity contribution in [2.45, 2.75) is 43.7 Å². The lowest BCUT2D eigenvalue weighted by Crippen LogP contribution is -2.49. The van der Waals surface area contributed by atoms with Crippen LogP contribution in [-0.2, 0) is 12.0 Å². The van der Waals surface area contributed by atoms with E-state index in [1.165, 1.54) is 5.56 Å². The summed E-state index contributed by atoms with van der Waals surface area (Å²) in [7, 11) is 1.65. The lowest BCUT2D eigenvalue weighted by atomic mass is 9.68.